The molecule has 2 heterocycles. The van der Waals surface area contributed by atoms with Crippen molar-refractivity contribution in [3.05, 3.63) is 57.6 Å². The van der Waals surface area contributed by atoms with Gasteiger partial charge in [0, 0.05) is 17.6 Å². The summed E-state index contributed by atoms with van der Waals surface area (Å²) in [5.74, 6) is 0.552. The van der Waals surface area contributed by atoms with Crippen LogP contribution in [0.25, 0.3) is 10.2 Å². The molecular formula is C21H23N3OS. The number of hydrogen-bond acceptors (Lipinski definition) is 4. The third-order valence-electron chi connectivity index (χ3n) is 5.11. The first-order valence-electron chi connectivity index (χ1n) is 9.06. The number of anilines is 1. The molecule has 4 nitrogen and oxygen atoms in total. The number of aromatic nitrogens is 1. The number of nitrogens with two attached hydrogens (primary N) is 1. The molecule has 5 heteroatoms. The molecule has 4 rings (SSSR count). The topological polar surface area (TPSA) is 68.0 Å². The SMILES string of the molecule is Cc1ccc(CNC(=O)c2sc3nc4c(cc3c2N)CC(C)CC4)cc1. The molecule has 0 fully saturated rings. The van der Waals surface area contributed by atoms with Gasteiger partial charge in [-0.3, -0.25) is 4.79 Å². The van der Waals surface area contributed by atoms with Gasteiger partial charge < -0.3 is 11.1 Å². The highest BCUT2D eigenvalue weighted by atomic mass is 32.1. The van der Waals surface area contributed by atoms with Crippen molar-refractivity contribution < 1.29 is 4.79 Å². The van der Waals surface area contributed by atoms with Gasteiger partial charge >= 0.3 is 0 Å². The molecule has 1 aliphatic rings. The van der Waals surface area contributed by atoms with Crippen molar-refractivity contribution in [2.75, 3.05) is 5.73 Å². The van der Waals surface area contributed by atoms with E-state index in [9.17, 15) is 4.79 Å². The lowest BCUT2D eigenvalue weighted by atomic mass is 9.87. The summed E-state index contributed by atoms with van der Waals surface area (Å²) in [6.45, 7) is 4.82. The van der Waals surface area contributed by atoms with Gasteiger partial charge in [-0.05, 0) is 49.3 Å². The van der Waals surface area contributed by atoms with Crippen molar-refractivity contribution in [2.24, 2.45) is 5.92 Å². The average molecular weight is 366 g/mol. The van der Waals surface area contributed by atoms with E-state index in [1.807, 2.05) is 31.2 Å². The van der Waals surface area contributed by atoms with Gasteiger partial charge in [0.1, 0.15) is 9.71 Å². The summed E-state index contributed by atoms with van der Waals surface area (Å²) in [6.07, 6.45) is 3.23. The summed E-state index contributed by atoms with van der Waals surface area (Å²) in [7, 11) is 0. The number of carbonyl (C=O) groups is 1. The largest absolute Gasteiger partial charge is 0.397 e. The van der Waals surface area contributed by atoms with E-state index < -0.39 is 0 Å². The summed E-state index contributed by atoms with van der Waals surface area (Å²) >= 11 is 1.40. The molecule has 3 N–H and O–H groups in total. The van der Waals surface area contributed by atoms with E-state index in [1.165, 1.54) is 34.6 Å². The molecule has 0 saturated heterocycles. The number of benzene rings is 1. The number of nitrogens with one attached hydrogen (secondary N) is 1. The second kappa shape index (κ2) is 6.72. The van der Waals surface area contributed by atoms with Gasteiger partial charge in [0.25, 0.3) is 5.91 Å². The first kappa shape index (κ1) is 17.0. The number of pyridine rings is 1. The normalized spacial score (nSPS) is 16.5. The number of rotatable bonds is 3. The molecule has 1 amide bonds. The summed E-state index contributed by atoms with van der Waals surface area (Å²) < 4.78 is 0. The fourth-order valence-electron chi connectivity index (χ4n) is 3.51. The molecule has 0 radical (unpaired) electrons. The quantitative estimate of drug-likeness (QED) is 0.729. The molecule has 1 unspecified atom stereocenters. The second-order valence-corrected chi connectivity index (χ2v) is 8.31. The van der Waals surface area contributed by atoms with Crippen LogP contribution in [0, 0.1) is 12.8 Å². The number of fused-ring (bicyclic) bond motifs is 2. The maximum absolute atomic E-state index is 12.6. The highest BCUT2D eigenvalue weighted by Crippen LogP contribution is 2.36. The van der Waals surface area contributed by atoms with E-state index >= 15 is 0 Å². The average Bonchev–Trinajstić information content (AvgIpc) is 2.95. The Bertz CT molecular complexity index is 975. The first-order chi connectivity index (χ1) is 12.5. The van der Waals surface area contributed by atoms with Gasteiger partial charge in [0.05, 0.1) is 5.69 Å². The zero-order valence-electron chi connectivity index (χ0n) is 15.1. The van der Waals surface area contributed by atoms with Gasteiger partial charge in [-0.1, -0.05) is 36.8 Å². The highest BCUT2D eigenvalue weighted by Gasteiger charge is 2.22. The van der Waals surface area contributed by atoms with Gasteiger partial charge in [-0.2, -0.15) is 0 Å². The first-order valence-corrected chi connectivity index (χ1v) is 9.87. The van der Waals surface area contributed by atoms with Crippen molar-refractivity contribution >= 4 is 33.1 Å². The monoisotopic (exact) mass is 365 g/mol. The van der Waals surface area contributed by atoms with Crippen LogP contribution in [0.2, 0.25) is 0 Å². The van der Waals surface area contributed by atoms with E-state index in [1.54, 1.807) is 0 Å². The lowest BCUT2D eigenvalue weighted by Gasteiger charge is -2.20. The fourth-order valence-corrected chi connectivity index (χ4v) is 4.52. The molecule has 1 aliphatic carbocycles. The summed E-state index contributed by atoms with van der Waals surface area (Å²) in [6, 6.07) is 10.3. The Balaban J connectivity index is 1.58. The molecule has 26 heavy (non-hydrogen) atoms. The number of hydrogen-bond donors (Lipinski definition) is 2. The van der Waals surface area contributed by atoms with Gasteiger partial charge in [0.15, 0.2) is 0 Å². The Morgan fingerprint density at radius 2 is 2.12 bits per heavy atom. The molecule has 0 spiro atoms. The van der Waals surface area contributed by atoms with Crippen LogP contribution in [-0.4, -0.2) is 10.9 Å². The summed E-state index contributed by atoms with van der Waals surface area (Å²) in [5.41, 5.74) is 11.6. The Hall–Kier alpha value is -2.40. The van der Waals surface area contributed by atoms with Crippen molar-refractivity contribution in [2.45, 2.75) is 39.7 Å². The predicted molar refractivity (Wildman–Crippen MR) is 108 cm³/mol. The van der Waals surface area contributed by atoms with Crippen molar-refractivity contribution in [1.29, 1.82) is 0 Å². The third-order valence-corrected chi connectivity index (χ3v) is 6.23. The molecule has 1 atom stereocenters. The van der Waals surface area contributed by atoms with E-state index in [2.05, 4.69) is 18.3 Å². The molecule has 3 aromatic rings. The number of amides is 1. The number of thiophene rings is 1. The second-order valence-electron chi connectivity index (χ2n) is 7.31. The Kier molecular flexibility index (Phi) is 4.41. The number of nitrogens with zero attached hydrogens (tertiary/aromatic N) is 1. The van der Waals surface area contributed by atoms with E-state index in [-0.39, 0.29) is 5.91 Å². The number of nitrogen functional groups attached to an aromatic ring is 1. The maximum Gasteiger partial charge on any atom is 0.263 e. The summed E-state index contributed by atoms with van der Waals surface area (Å²) in [4.78, 5) is 18.9. The smallest absolute Gasteiger partial charge is 0.263 e. The Morgan fingerprint density at radius 1 is 1.35 bits per heavy atom. The maximum atomic E-state index is 12.6. The minimum absolute atomic E-state index is 0.127. The van der Waals surface area contributed by atoms with Crippen LogP contribution in [0.15, 0.2) is 30.3 Å². The van der Waals surface area contributed by atoms with Crippen LogP contribution in [0.3, 0.4) is 0 Å². The minimum Gasteiger partial charge on any atom is -0.397 e. The Morgan fingerprint density at radius 3 is 2.88 bits per heavy atom. The van der Waals surface area contributed by atoms with E-state index in [0.29, 0.717) is 23.0 Å². The van der Waals surface area contributed by atoms with Crippen molar-refractivity contribution in [3.8, 4) is 0 Å². The zero-order valence-corrected chi connectivity index (χ0v) is 16.0. The standard InChI is InChI=1S/C21H23N3OS/c1-12-3-6-14(7-4-12)11-23-20(25)19-18(22)16-10-15-9-13(2)5-8-17(15)24-21(16)26-19/h3-4,6-7,10,13H,5,8-9,11,22H2,1-2H3,(H,23,25). The zero-order chi connectivity index (χ0) is 18.3. The van der Waals surface area contributed by atoms with Crippen molar-refractivity contribution in [3.63, 3.8) is 0 Å². The van der Waals surface area contributed by atoms with Crippen molar-refractivity contribution in [1.82, 2.24) is 10.3 Å². The predicted octanol–water partition coefficient (Wildman–Crippen LogP) is 4.24. The van der Waals surface area contributed by atoms with Gasteiger partial charge in [0.2, 0.25) is 0 Å². The number of carbonyl (C=O) groups excluding carboxylic acids is 1. The minimum atomic E-state index is -0.127. The number of aryl methyl sites for hydroxylation is 2. The highest BCUT2D eigenvalue weighted by molar-refractivity contribution is 7.21. The van der Waals surface area contributed by atoms with Crippen LogP contribution in [0.1, 0.15) is 45.4 Å². The molecule has 134 valence electrons. The van der Waals surface area contributed by atoms with Crippen LogP contribution in [0.5, 0.6) is 0 Å². The third kappa shape index (κ3) is 3.19. The Labute approximate surface area is 157 Å². The van der Waals surface area contributed by atoms with Crippen LogP contribution in [-0.2, 0) is 19.4 Å². The molecule has 0 bridgehead atoms. The van der Waals surface area contributed by atoms with E-state index in [4.69, 9.17) is 10.7 Å². The molecule has 1 aromatic carbocycles. The lowest BCUT2D eigenvalue weighted by Crippen LogP contribution is -2.22. The fraction of sp³-hybridized carbons (Fsp3) is 0.333. The van der Waals surface area contributed by atoms with Gasteiger partial charge in [-0.25, -0.2) is 4.98 Å². The van der Waals surface area contributed by atoms with Crippen LogP contribution in [0.4, 0.5) is 5.69 Å². The molecule has 0 saturated carbocycles. The molecule has 0 aliphatic heterocycles. The van der Waals surface area contributed by atoms with E-state index in [0.717, 1.165) is 28.6 Å². The molecular weight excluding hydrogens is 342 g/mol. The molecule has 2 aromatic heterocycles. The lowest BCUT2D eigenvalue weighted by molar-refractivity contribution is 0.0956. The van der Waals surface area contributed by atoms with Crippen LogP contribution < -0.4 is 11.1 Å². The van der Waals surface area contributed by atoms with Crippen LogP contribution >= 0.6 is 11.3 Å². The summed E-state index contributed by atoms with van der Waals surface area (Å²) in [5, 5.41) is 3.90. The van der Waals surface area contributed by atoms with Gasteiger partial charge in [-0.15, -0.1) is 11.3 Å².